The van der Waals surface area contributed by atoms with Crippen molar-refractivity contribution in [2.24, 2.45) is 0 Å². The van der Waals surface area contributed by atoms with Gasteiger partial charge in [-0.05, 0) is 12.5 Å². The van der Waals surface area contributed by atoms with Crippen LogP contribution in [-0.2, 0) is 6.42 Å². The smallest absolute Gasteiger partial charge is 0.387 e. The molecule has 0 saturated carbocycles. The highest BCUT2D eigenvalue weighted by molar-refractivity contribution is 5.49. The second-order valence-corrected chi connectivity index (χ2v) is 3.05. The van der Waals surface area contributed by atoms with Gasteiger partial charge < -0.3 is 4.74 Å². The Bertz CT molecular complexity index is 457. The lowest BCUT2D eigenvalue weighted by molar-refractivity contribution is -0.385. The topological polar surface area (TPSA) is 76.2 Å². The highest BCUT2D eigenvalue weighted by Crippen LogP contribution is 2.30. The van der Waals surface area contributed by atoms with Crippen LogP contribution in [0.1, 0.15) is 12.0 Å². The Labute approximate surface area is 95.4 Å². The summed E-state index contributed by atoms with van der Waals surface area (Å²) in [7, 11) is 0. The van der Waals surface area contributed by atoms with Gasteiger partial charge in [-0.1, -0.05) is 6.07 Å². The van der Waals surface area contributed by atoms with Gasteiger partial charge in [0.1, 0.15) is 5.75 Å². The van der Waals surface area contributed by atoms with Gasteiger partial charge in [-0.2, -0.15) is 14.0 Å². The molecule has 5 nitrogen and oxygen atoms in total. The van der Waals surface area contributed by atoms with E-state index in [0.29, 0.717) is 0 Å². The van der Waals surface area contributed by atoms with Crippen LogP contribution in [-0.4, -0.2) is 11.5 Å². The number of hydrogen-bond donors (Lipinski definition) is 0. The first-order valence-electron chi connectivity index (χ1n) is 4.64. The minimum absolute atomic E-state index is 0.00426. The van der Waals surface area contributed by atoms with Crippen molar-refractivity contribution in [2.75, 3.05) is 0 Å². The first-order chi connectivity index (χ1) is 8.06. The van der Waals surface area contributed by atoms with Crippen molar-refractivity contribution in [3.05, 3.63) is 33.9 Å². The average Bonchev–Trinajstić information content (AvgIpc) is 2.26. The van der Waals surface area contributed by atoms with Gasteiger partial charge in [0.25, 0.3) is 5.69 Å². The molecule has 0 spiro atoms. The molecule has 1 aromatic carbocycles. The lowest BCUT2D eigenvalue weighted by Gasteiger charge is -2.09. The highest BCUT2D eigenvalue weighted by Gasteiger charge is 2.19. The summed E-state index contributed by atoms with van der Waals surface area (Å²) in [5.74, 6) is -0.260. The molecule has 7 heteroatoms. The summed E-state index contributed by atoms with van der Waals surface area (Å²) < 4.78 is 28.4. The minimum Gasteiger partial charge on any atom is -0.434 e. The van der Waals surface area contributed by atoms with Crippen LogP contribution in [0.5, 0.6) is 5.75 Å². The van der Waals surface area contributed by atoms with Crippen molar-refractivity contribution >= 4 is 5.69 Å². The fourth-order valence-electron chi connectivity index (χ4n) is 1.36. The van der Waals surface area contributed by atoms with Crippen LogP contribution in [0, 0.1) is 21.4 Å². The molecule has 17 heavy (non-hydrogen) atoms. The Hall–Kier alpha value is -2.23. The monoisotopic (exact) mass is 242 g/mol. The summed E-state index contributed by atoms with van der Waals surface area (Å²) >= 11 is 0. The number of benzene rings is 1. The number of ether oxygens (including phenoxy) is 1. The summed E-state index contributed by atoms with van der Waals surface area (Å²) in [6.45, 7) is -3.06. The van der Waals surface area contributed by atoms with Gasteiger partial charge in [0.2, 0.25) is 0 Å². The van der Waals surface area contributed by atoms with Gasteiger partial charge in [-0.15, -0.1) is 0 Å². The molecule has 0 atom stereocenters. The Kier molecular flexibility index (Phi) is 4.34. The quantitative estimate of drug-likeness (QED) is 0.587. The Balaban J connectivity index is 3.15. The third-order valence-electron chi connectivity index (χ3n) is 2.01. The van der Waals surface area contributed by atoms with Crippen molar-refractivity contribution in [3.8, 4) is 11.8 Å². The first kappa shape index (κ1) is 12.8. The van der Waals surface area contributed by atoms with E-state index in [9.17, 15) is 18.9 Å². The van der Waals surface area contributed by atoms with Crippen LogP contribution in [0.25, 0.3) is 0 Å². The predicted octanol–water partition coefficient (Wildman–Crippen LogP) is 2.65. The molecule has 0 amide bonds. The van der Waals surface area contributed by atoms with E-state index in [1.54, 1.807) is 6.07 Å². The molecule has 0 bridgehead atoms. The van der Waals surface area contributed by atoms with Crippen LogP contribution in [0.4, 0.5) is 14.5 Å². The van der Waals surface area contributed by atoms with E-state index in [-0.39, 0.29) is 29.8 Å². The van der Waals surface area contributed by atoms with Crippen molar-refractivity contribution in [3.63, 3.8) is 0 Å². The molecule has 0 radical (unpaired) electrons. The second kappa shape index (κ2) is 5.75. The summed E-state index contributed by atoms with van der Waals surface area (Å²) in [5.41, 5.74) is -0.308. The van der Waals surface area contributed by atoms with Crippen molar-refractivity contribution in [1.82, 2.24) is 0 Å². The minimum atomic E-state index is -3.06. The summed E-state index contributed by atoms with van der Waals surface area (Å²) in [6, 6.07) is 5.45. The fourth-order valence-corrected chi connectivity index (χ4v) is 1.36. The zero-order chi connectivity index (χ0) is 12.8. The number of nitrogens with zero attached hydrogens (tertiary/aromatic N) is 2. The molecule has 1 aromatic rings. The van der Waals surface area contributed by atoms with Crippen LogP contribution < -0.4 is 4.74 Å². The molecule has 0 saturated heterocycles. The highest BCUT2D eigenvalue weighted by atomic mass is 19.3. The maximum atomic E-state index is 12.1. The molecule has 0 aliphatic rings. The van der Waals surface area contributed by atoms with Gasteiger partial charge in [0.15, 0.2) is 0 Å². The molecule has 0 aliphatic carbocycles. The molecule has 0 heterocycles. The lowest BCUT2D eigenvalue weighted by atomic mass is 10.1. The SMILES string of the molecule is N#CCCc1c(OC(F)F)cccc1[N+](=O)[O-]. The first-order valence-corrected chi connectivity index (χ1v) is 4.64. The largest absolute Gasteiger partial charge is 0.434 e. The third kappa shape index (κ3) is 3.38. The molecule has 0 N–H and O–H groups in total. The van der Waals surface area contributed by atoms with Crippen molar-refractivity contribution < 1.29 is 18.4 Å². The third-order valence-corrected chi connectivity index (χ3v) is 2.01. The van der Waals surface area contributed by atoms with Crippen LogP contribution in [0.2, 0.25) is 0 Å². The number of halogens is 2. The zero-order valence-corrected chi connectivity index (χ0v) is 8.60. The lowest BCUT2D eigenvalue weighted by Crippen LogP contribution is -2.06. The normalized spacial score (nSPS) is 10.0. The molecule has 0 fully saturated rings. The Morgan fingerprint density at radius 1 is 1.53 bits per heavy atom. The van der Waals surface area contributed by atoms with E-state index >= 15 is 0 Å². The average molecular weight is 242 g/mol. The van der Waals surface area contributed by atoms with Gasteiger partial charge in [-0.25, -0.2) is 0 Å². The van der Waals surface area contributed by atoms with Crippen molar-refractivity contribution in [2.45, 2.75) is 19.5 Å². The van der Waals surface area contributed by atoms with E-state index in [1.807, 2.05) is 0 Å². The summed E-state index contributed by atoms with van der Waals surface area (Å²) in [4.78, 5) is 10.0. The molecule has 0 unspecified atom stereocenters. The zero-order valence-electron chi connectivity index (χ0n) is 8.60. The van der Waals surface area contributed by atoms with Gasteiger partial charge in [0.05, 0.1) is 16.6 Å². The van der Waals surface area contributed by atoms with E-state index in [2.05, 4.69) is 4.74 Å². The summed E-state index contributed by atoms with van der Waals surface area (Å²) in [5, 5.41) is 19.1. The molecule has 0 aliphatic heterocycles. The van der Waals surface area contributed by atoms with E-state index in [0.717, 1.165) is 0 Å². The Morgan fingerprint density at radius 2 is 2.24 bits per heavy atom. The maximum Gasteiger partial charge on any atom is 0.387 e. The molecular formula is C10H8F2N2O3. The van der Waals surface area contributed by atoms with Crippen LogP contribution in [0.15, 0.2) is 18.2 Å². The standard InChI is InChI=1S/C10H8F2N2O3/c11-10(12)17-9-5-1-4-8(14(15)16)7(9)3-2-6-13/h1,4-5,10H,2-3H2. The number of alkyl halides is 2. The van der Waals surface area contributed by atoms with Crippen molar-refractivity contribution in [1.29, 1.82) is 5.26 Å². The van der Waals surface area contributed by atoms with Gasteiger partial charge in [0, 0.05) is 12.5 Å². The van der Waals surface area contributed by atoms with Gasteiger partial charge in [-0.3, -0.25) is 10.1 Å². The van der Waals surface area contributed by atoms with E-state index in [1.165, 1.54) is 18.2 Å². The summed E-state index contributed by atoms with van der Waals surface area (Å²) in [6.07, 6.45) is -0.0137. The molecule has 0 aromatic heterocycles. The molecule has 1 rings (SSSR count). The maximum absolute atomic E-state index is 12.1. The number of nitro benzene ring substituents is 1. The van der Waals surface area contributed by atoms with Crippen LogP contribution in [0.3, 0.4) is 0 Å². The predicted molar refractivity (Wildman–Crippen MR) is 53.7 cm³/mol. The number of hydrogen-bond acceptors (Lipinski definition) is 4. The van der Waals surface area contributed by atoms with Crippen LogP contribution >= 0.6 is 0 Å². The number of nitriles is 1. The van der Waals surface area contributed by atoms with Gasteiger partial charge >= 0.3 is 6.61 Å². The Morgan fingerprint density at radius 3 is 2.76 bits per heavy atom. The number of rotatable bonds is 5. The van der Waals surface area contributed by atoms with E-state index in [4.69, 9.17) is 5.26 Å². The fraction of sp³-hybridized carbons (Fsp3) is 0.300. The van der Waals surface area contributed by atoms with E-state index < -0.39 is 11.5 Å². The number of nitro groups is 1. The second-order valence-electron chi connectivity index (χ2n) is 3.05. The molecular weight excluding hydrogens is 234 g/mol. The molecule has 90 valence electrons.